The van der Waals surface area contributed by atoms with Crippen LogP contribution < -0.4 is 4.74 Å². The molecule has 1 saturated carbocycles. The molecule has 3 aromatic rings. The molecule has 2 heterocycles. The number of aryl methyl sites for hydroxylation is 2. The van der Waals surface area contributed by atoms with E-state index in [1.165, 1.54) is 11.3 Å². The lowest BCUT2D eigenvalue weighted by Crippen LogP contribution is -2.44. The van der Waals surface area contributed by atoms with Gasteiger partial charge in [0.25, 0.3) is 5.91 Å². The second-order valence-electron chi connectivity index (χ2n) is 7.72. The number of H-pyrrole nitrogens is 1. The normalized spacial score (nSPS) is 19.1. The van der Waals surface area contributed by atoms with Crippen LogP contribution in [-0.2, 0) is 19.9 Å². The number of fused-ring (bicyclic) bond motifs is 2. The predicted octanol–water partition coefficient (Wildman–Crippen LogP) is 3.07. The number of benzene rings is 1. The van der Waals surface area contributed by atoms with Gasteiger partial charge in [0.15, 0.2) is 0 Å². The third-order valence-electron chi connectivity index (χ3n) is 6.01. The van der Waals surface area contributed by atoms with Gasteiger partial charge in [-0.3, -0.25) is 9.89 Å². The first-order valence-corrected chi connectivity index (χ1v) is 9.63. The summed E-state index contributed by atoms with van der Waals surface area (Å²) in [5.74, 6) is 0.945. The number of nitrogens with zero attached hydrogens (tertiary/aromatic N) is 3. The Labute approximate surface area is 158 Å². The van der Waals surface area contributed by atoms with E-state index in [0.29, 0.717) is 6.04 Å². The number of hydrogen-bond donors (Lipinski definition) is 1. The molecule has 5 rings (SSSR count). The highest BCUT2D eigenvalue weighted by Crippen LogP contribution is 2.37. The van der Waals surface area contributed by atoms with E-state index >= 15 is 0 Å². The molecule has 1 N–H and O–H groups in total. The Balaban J connectivity index is 1.53. The van der Waals surface area contributed by atoms with E-state index in [0.717, 1.165) is 54.3 Å². The van der Waals surface area contributed by atoms with E-state index in [9.17, 15) is 4.79 Å². The molecule has 0 bridgehead atoms. The predicted molar refractivity (Wildman–Crippen MR) is 103 cm³/mol. The van der Waals surface area contributed by atoms with Crippen LogP contribution in [0.4, 0.5) is 0 Å². The molecular weight excluding hydrogens is 340 g/mol. The first-order chi connectivity index (χ1) is 13.2. The zero-order chi connectivity index (χ0) is 18.5. The fraction of sp³-hybridized carbons (Fsp3) is 0.429. The zero-order valence-corrected chi connectivity index (χ0v) is 15.7. The van der Waals surface area contributed by atoms with Crippen molar-refractivity contribution in [3.05, 3.63) is 47.4 Å². The van der Waals surface area contributed by atoms with E-state index in [4.69, 9.17) is 4.74 Å². The number of hydrogen-bond acceptors (Lipinski definition) is 3. The van der Waals surface area contributed by atoms with E-state index < -0.39 is 0 Å². The van der Waals surface area contributed by atoms with Crippen molar-refractivity contribution >= 4 is 16.8 Å². The molecule has 0 radical (unpaired) electrons. The minimum atomic E-state index is 0.147. The Morgan fingerprint density at radius 3 is 2.89 bits per heavy atom. The summed E-state index contributed by atoms with van der Waals surface area (Å²) in [6, 6.07) is 6.47. The summed E-state index contributed by atoms with van der Waals surface area (Å²) in [7, 11) is 3.66. The van der Waals surface area contributed by atoms with Gasteiger partial charge in [-0.25, -0.2) is 0 Å². The molecule has 1 aromatic carbocycles. The van der Waals surface area contributed by atoms with Gasteiger partial charge in [0.05, 0.1) is 18.8 Å². The molecule has 6 nitrogen and oxygen atoms in total. The van der Waals surface area contributed by atoms with Crippen LogP contribution in [0.2, 0.25) is 0 Å². The molecule has 1 atom stereocenters. The summed E-state index contributed by atoms with van der Waals surface area (Å²) in [6.45, 7) is 0. The van der Waals surface area contributed by atoms with Crippen molar-refractivity contribution in [3.8, 4) is 5.75 Å². The number of nitrogens with one attached hydrogen (secondary N) is 1. The smallest absolute Gasteiger partial charge is 0.255 e. The number of ether oxygens (including phenoxy) is 1. The molecule has 0 aliphatic heterocycles. The lowest BCUT2D eigenvalue weighted by atomic mass is 9.91. The van der Waals surface area contributed by atoms with Gasteiger partial charge in [0.1, 0.15) is 5.75 Å². The highest BCUT2D eigenvalue weighted by atomic mass is 16.5. The molecule has 6 heteroatoms. The van der Waals surface area contributed by atoms with Crippen molar-refractivity contribution in [1.29, 1.82) is 0 Å². The molecule has 2 aromatic heterocycles. The minimum Gasteiger partial charge on any atom is -0.495 e. The Morgan fingerprint density at radius 1 is 1.26 bits per heavy atom. The zero-order valence-electron chi connectivity index (χ0n) is 15.7. The molecule has 1 amide bonds. The fourth-order valence-corrected chi connectivity index (χ4v) is 4.49. The van der Waals surface area contributed by atoms with Crippen molar-refractivity contribution in [2.45, 2.75) is 44.2 Å². The second-order valence-corrected chi connectivity index (χ2v) is 7.72. The van der Waals surface area contributed by atoms with Crippen molar-refractivity contribution in [2.75, 3.05) is 7.11 Å². The Morgan fingerprint density at radius 2 is 2.11 bits per heavy atom. The summed E-state index contributed by atoms with van der Waals surface area (Å²) >= 11 is 0. The average molecular weight is 364 g/mol. The van der Waals surface area contributed by atoms with Crippen molar-refractivity contribution in [3.63, 3.8) is 0 Å². The summed E-state index contributed by atoms with van der Waals surface area (Å²) in [5.41, 5.74) is 4.23. The van der Waals surface area contributed by atoms with E-state index in [1.807, 2.05) is 42.2 Å². The lowest BCUT2D eigenvalue weighted by Gasteiger charge is -2.34. The van der Waals surface area contributed by atoms with Gasteiger partial charge < -0.3 is 14.2 Å². The maximum atomic E-state index is 13.7. The number of methoxy groups -OCH3 is 1. The summed E-state index contributed by atoms with van der Waals surface area (Å²) in [5, 5.41) is 8.24. The lowest BCUT2D eigenvalue weighted by molar-refractivity contribution is 0.0645. The third kappa shape index (κ3) is 2.62. The summed E-state index contributed by atoms with van der Waals surface area (Å²) in [4.78, 5) is 15.8. The topological polar surface area (TPSA) is 63.1 Å². The molecule has 2 aliphatic carbocycles. The molecule has 0 spiro atoms. The van der Waals surface area contributed by atoms with Crippen LogP contribution in [0.15, 0.2) is 30.6 Å². The Hall–Kier alpha value is -2.76. The molecule has 0 saturated heterocycles. The molecule has 27 heavy (non-hydrogen) atoms. The standard InChI is InChI=1S/C21H24N4O2/c1-24-10-9-16-17(6-8-19(27-2)20(16)24)21(26)25(14-3-4-14)15-5-7-18-13(11-15)12-22-23-18/h6,8-10,12,14-15H,3-5,7,11H2,1-2H3,(H,22,23). The molecular formula is C21H24N4O2. The van der Waals surface area contributed by atoms with Crippen LogP contribution in [0.25, 0.3) is 10.9 Å². The first kappa shape index (κ1) is 16.4. The number of aromatic nitrogens is 3. The van der Waals surface area contributed by atoms with Crippen molar-refractivity contribution < 1.29 is 9.53 Å². The van der Waals surface area contributed by atoms with Crippen LogP contribution in [0.3, 0.4) is 0 Å². The van der Waals surface area contributed by atoms with Crippen LogP contribution in [0.1, 0.15) is 40.9 Å². The quantitative estimate of drug-likeness (QED) is 0.774. The van der Waals surface area contributed by atoms with Gasteiger partial charge in [-0.15, -0.1) is 0 Å². The van der Waals surface area contributed by atoms with Gasteiger partial charge in [-0.2, -0.15) is 5.10 Å². The number of amides is 1. The third-order valence-corrected chi connectivity index (χ3v) is 6.01. The Bertz CT molecular complexity index is 1010. The first-order valence-electron chi connectivity index (χ1n) is 9.63. The Kier molecular flexibility index (Phi) is 3.74. The average Bonchev–Trinajstić information content (AvgIpc) is 3.26. The summed E-state index contributed by atoms with van der Waals surface area (Å²) in [6.07, 6.45) is 8.96. The maximum Gasteiger partial charge on any atom is 0.255 e. The maximum absolute atomic E-state index is 13.7. The number of carbonyl (C=O) groups excluding carboxylic acids is 1. The minimum absolute atomic E-state index is 0.147. The number of carbonyl (C=O) groups is 1. The highest BCUT2D eigenvalue weighted by Gasteiger charge is 2.39. The van der Waals surface area contributed by atoms with Crippen molar-refractivity contribution in [2.24, 2.45) is 7.05 Å². The van der Waals surface area contributed by atoms with Gasteiger partial charge >= 0.3 is 0 Å². The van der Waals surface area contributed by atoms with Gasteiger partial charge in [0.2, 0.25) is 0 Å². The van der Waals surface area contributed by atoms with Crippen molar-refractivity contribution in [1.82, 2.24) is 19.7 Å². The van der Waals surface area contributed by atoms with Crippen LogP contribution >= 0.6 is 0 Å². The highest BCUT2D eigenvalue weighted by molar-refractivity contribution is 6.08. The van der Waals surface area contributed by atoms with E-state index in [-0.39, 0.29) is 11.9 Å². The van der Waals surface area contributed by atoms with Crippen LogP contribution in [-0.4, -0.2) is 44.8 Å². The molecule has 2 aliphatic rings. The monoisotopic (exact) mass is 364 g/mol. The number of rotatable bonds is 4. The van der Waals surface area contributed by atoms with Gasteiger partial charge in [-0.05, 0) is 55.9 Å². The molecule has 1 unspecified atom stereocenters. The molecule has 140 valence electrons. The van der Waals surface area contributed by atoms with E-state index in [1.54, 1.807) is 7.11 Å². The number of aromatic amines is 1. The summed E-state index contributed by atoms with van der Waals surface area (Å²) < 4.78 is 7.53. The van der Waals surface area contributed by atoms with E-state index in [2.05, 4.69) is 15.1 Å². The fourth-order valence-electron chi connectivity index (χ4n) is 4.49. The van der Waals surface area contributed by atoms with Crippen LogP contribution in [0.5, 0.6) is 5.75 Å². The largest absolute Gasteiger partial charge is 0.495 e. The van der Waals surface area contributed by atoms with Gasteiger partial charge in [0, 0.05) is 42.0 Å². The SMILES string of the molecule is COc1ccc(C(=O)N(C2CC2)C2CCc3[nH]ncc3C2)c2ccn(C)c12. The van der Waals surface area contributed by atoms with Crippen LogP contribution in [0, 0.1) is 0 Å². The molecule has 1 fully saturated rings. The second kappa shape index (κ2) is 6.15. The van der Waals surface area contributed by atoms with Gasteiger partial charge in [-0.1, -0.05) is 0 Å².